The maximum atomic E-state index is 12.0. The molecule has 0 aliphatic heterocycles. The van der Waals surface area contributed by atoms with Crippen LogP contribution in [0.15, 0.2) is 22.7 Å². The minimum Gasteiger partial charge on any atom is -0.330 e. The number of anilines is 1. The van der Waals surface area contributed by atoms with Gasteiger partial charge in [-0.1, -0.05) is 18.0 Å². The second kappa shape index (κ2) is 5.59. The average Bonchev–Trinajstić information content (AvgIpc) is 2.29. The first kappa shape index (κ1) is 13.8. The largest absolute Gasteiger partial charge is 0.330 e. The van der Waals surface area contributed by atoms with Gasteiger partial charge in [-0.3, -0.25) is 4.79 Å². The smallest absolute Gasteiger partial charge is 0.224 e. The molecule has 1 aromatic rings. The molecule has 1 aromatic carbocycles. The Bertz CT molecular complexity index is 455. The molecule has 2 rings (SSSR count). The van der Waals surface area contributed by atoms with E-state index in [0.29, 0.717) is 18.0 Å². The zero-order chi connectivity index (χ0) is 13.2. The number of rotatable bonds is 4. The van der Waals surface area contributed by atoms with Gasteiger partial charge in [-0.15, -0.1) is 0 Å². The second-order valence-electron chi connectivity index (χ2n) is 4.91. The molecule has 0 unspecified atom stereocenters. The lowest BCUT2D eigenvalue weighted by Gasteiger charge is -2.40. The number of amides is 1. The van der Waals surface area contributed by atoms with E-state index < -0.39 is 0 Å². The zero-order valence-corrected chi connectivity index (χ0v) is 12.4. The van der Waals surface area contributed by atoms with E-state index in [1.165, 1.54) is 6.42 Å². The van der Waals surface area contributed by atoms with Crippen molar-refractivity contribution in [2.45, 2.75) is 25.7 Å². The van der Waals surface area contributed by atoms with Crippen molar-refractivity contribution < 1.29 is 4.79 Å². The average molecular weight is 332 g/mol. The summed E-state index contributed by atoms with van der Waals surface area (Å²) < 4.78 is 0.777. The maximum absolute atomic E-state index is 12.0. The van der Waals surface area contributed by atoms with Crippen molar-refractivity contribution in [3.63, 3.8) is 0 Å². The standard InChI is InChI=1S/C13H16BrClN2O/c14-10-6-9(2-3-11(10)15)17-12(18)7-13(8-16)4-1-5-13/h2-3,6H,1,4-5,7-8,16H2,(H,17,18). The summed E-state index contributed by atoms with van der Waals surface area (Å²) in [6.07, 6.45) is 3.79. The predicted octanol–water partition coefficient (Wildman–Crippen LogP) is 3.56. The van der Waals surface area contributed by atoms with Crippen LogP contribution < -0.4 is 11.1 Å². The van der Waals surface area contributed by atoms with Crippen LogP contribution in [0.2, 0.25) is 5.02 Å². The lowest BCUT2D eigenvalue weighted by Crippen LogP contribution is -2.40. The molecule has 0 heterocycles. The van der Waals surface area contributed by atoms with Gasteiger partial charge in [0.1, 0.15) is 0 Å². The van der Waals surface area contributed by atoms with Crippen LogP contribution in [-0.4, -0.2) is 12.5 Å². The van der Waals surface area contributed by atoms with Crippen molar-refractivity contribution in [3.05, 3.63) is 27.7 Å². The summed E-state index contributed by atoms with van der Waals surface area (Å²) >= 11 is 9.23. The Balaban J connectivity index is 1.96. The van der Waals surface area contributed by atoms with Crippen LogP contribution in [0.4, 0.5) is 5.69 Å². The van der Waals surface area contributed by atoms with Crippen LogP contribution in [0, 0.1) is 5.41 Å². The molecule has 1 saturated carbocycles. The van der Waals surface area contributed by atoms with E-state index in [0.717, 1.165) is 23.0 Å². The summed E-state index contributed by atoms with van der Waals surface area (Å²) in [5, 5.41) is 3.52. The Morgan fingerprint density at radius 2 is 2.22 bits per heavy atom. The van der Waals surface area contributed by atoms with Crippen molar-refractivity contribution in [1.29, 1.82) is 0 Å². The lowest BCUT2D eigenvalue weighted by molar-refractivity contribution is -0.119. The fourth-order valence-corrected chi connectivity index (χ4v) is 2.75. The fourth-order valence-electron chi connectivity index (χ4n) is 2.25. The molecule has 98 valence electrons. The first-order valence-electron chi connectivity index (χ1n) is 6.00. The number of nitrogens with two attached hydrogens (primary N) is 1. The zero-order valence-electron chi connectivity index (χ0n) is 10.0. The highest BCUT2D eigenvalue weighted by atomic mass is 79.9. The number of benzene rings is 1. The summed E-state index contributed by atoms with van der Waals surface area (Å²) in [6, 6.07) is 5.35. The highest BCUT2D eigenvalue weighted by Gasteiger charge is 2.37. The highest BCUT2D eigenvalue weighted by molar-refractivity contribution is 9.10. The van der Waals surface area contributed by atoms with Crippen LogP contribution in [0.1, 0.15) is 25.7 Å². The van der Waals surface area contributed by atoms with Crippen LogP contribution in [0.25, 0.3) is 0 Å². The molecule has 5 heteroatoms. The van der Waals surface area contributed by atoms with Gasteiger partial charge < -0.3 is 11.1 Å². The van der Waals surface area contributed by atoms with Crippen LogP contribution in [0.5, 0.6) is 0 Å². The van der Waals surface area contributed by atoms with E-state index in [9.17, 15) is 4.79 Å². The number of carbonyl (C=O) groups is 1. The molecule has 0 spiro atoms. The molecule has 0 atom stereocenters. The minimum absolute atomic E-state index is 0.0226. The van der Waals surface area contributed by atoms with Crippen molar-refractivity contribution >= 4 is 39.1 Å². The summed E-state index contributed by atoms with van der Waals surface area (Å²) in [4.78, 5) is 12.0. The monoisotopic (exact) mass is 330 g/mol. The molecule has 1 amide bonds. The number of nitrogens with one attached hydrogen (secondary N) is 1. The van der Waals surface area contributed by atoms with Crippen LogP contribution in [0.3, 0.4) is 0 Å². The molecule has 0 radical (unpaired) electrons. The van der Waals surface area contributed by atoms with Gasteiger partial charge in [-0.05, 0) is 58.9 Å². The highest BCUT2D eigenvalue weighted by Crippen LogP contribution is 2.43. The Morgan fingerprint density at radius 1 is 1.50 bits per heavy atom. The first-order valence-corrected chi connectivity index (χ1v) is 7.17. The van der Waals surface area contributed by atoms with Gasteiger partial charge in [-0.2, -0.15) is 0 Å². The van der Waals surface area contributed by atoms with Crippen LogP contribution >= 0.6 is 27.5 Å². The molecule has 18 heavy (non-hydrogen) atoms. The Labute approximate surface area is 120 Å². The van der Waals surface area contributed by atoms with E-state index >= 15 is 0 Å². The normalized spacial score (nSPS) is 17.1. The number of hydrogen-bond donors (Lipinski definition) is 2. The Kier molecular flexibility index (Phi) is 4.30. The second-order valence-corrected chi connectivity index (χ2v) is 6.17. The van der Waals surface area contributed by atoms with Crippen molar-refractivity contribution in [3.8, 4) is 0 Å². The van der Waals surface area contributed by atoms with Gasteiger partial charge >= 0.3 is 0 Å². The third-order valence-corrected chi connectivity index (χ3v) is 4.80. The third kappa shape index (κ3) is 3.05. The molecule has 0 bridgehead atoms. The molecular weight excluding hydrogens is 316 g/mol. The number of hydrogen-bond acceptors (Lipinski definition) is 2. The van der Waals surface area contributed by atoms with Gasteiger partial charge in [0.2, 0.25) is 5.91 Å². The molecule has 3 N–H and O–H groups in total. The summed E-state index contributed by atoms with van der Waals surface area (Å²) in [7, 11) is 0. The molecule has 3 nitrogen and oxygen atoms in total. The van der Waals surface area contributed by atoms with Gasteiger partial charge in [0.05, 0.1) is 5.02 Å². The maximum Gasteiger partial charge on any atom is 0.224 e. The first-order chi connectivity index (χ1) is 8.54. The molecule has 0 saturated heterocycles. The lowest BCUT2D eigenvalue weighted by atomic mass is 9.66. The fraction of sp³-hybridized carbons (Fsp3) is 0.462. The predicted molar refractivity (Wildman–Crippen MR) is 77.7 cm³/mol. The minimum atomic E-state index is 0.0226. The van der Waals surface area contributed by atoms with E-state index in [2.05, 4.69) is 21.2 Å². The Hall–Kier alpha value is -0.580. The molecule has 1 aliphatic rings. The van der Waals surface area contributed by atoms with Gasteiger partial charge in [-0.25, -0.2) is 0 Å². The van der Waals surface area contributed by atoms with Crippen molar-refractivity contribution in [2.75, 3.05) is 11.9 Å². The summed E-state index contributed by atoms with van der Waals surface area (Å²) in [5.41, 5.74) is 6.54. The number of halogens is 2. The van der Waals surface area contributed by atoms with Gasteiger partial charge in [0, 0.05) is 16.6 Å². The van der Waals surface area contributed by atoms with Crippen LogP contribution in [-0.2, 0) is 4.79 Å². The van der Waals surface area contributed by atoms with Gasteiger partial charge in [0.25, 0.3) is 0 Å². The van der Waals surface area contributed by atoms with Crippen molar-refractivity contribution in [1.82, 2.24) is 0 Å². The number of carbonyl (C=O) groups excluding carboxylic acids is 1. The van der Waals surface area contributed by atoms with E-state index in [1.54, 1.807) is 18.2 Å². The van der Waals surface area contributed by atoms with Crippen molar-refractivity contribution in [2.24, 2.45) is 11.1 Å². The quantitative estimate of drug-likeness (QED) is 0.886. The molecule has 0 aromatic heterocycles. The molecular formula is C13H16BrClN2O. The summed E-state index contributed by atoms with van der Waals surface area (Å²) in [5.74, 6) is 0.0226. The Morgan fingerprint density at radius 3 is 2.72 bits per heavy atom. The van der Waals surface area contributed by atoms with E-state index in [-0.39, 0.29) is 11.3 Å². The van der Waals surface area contributed by atoms with E-state index in [1.807, 2.05) is 0 Å². The van der Waals surface area contributed by atoms with Gasteiger partial charge in [0.15, 0.2) is 0 Å². The van der Waals surface area contributed by atoms with E-state index in [4.69, 9.17) is 17.3 Å². The SMILES string of the molecule is NCC1(CC(=O)Nc2ccc(Cl)c(Br)c2)CCC1. The topological polar surface area (TPSA) is 55.1 Å². The third-order valence-electron chi connectivity index (χ3n) is 3.59. The summed E-state index contributed by atoms with van der Waals surface area (Å²) in [6.45, 7) is 0.588. The molecule has 1 fully saturated rings. The molecule has 1 aliphatic carbocycles.